The van der Waals surface area contributed by atoms with Gasteiger partial charge in [0, 0.05) is 19.9 Å². The molecule has 0 bridgehead atoms. The van der Waals surface area contributed by atoms with Crippen molar-refractivity contribution in [3.05, 3.63) is 65.7 Å². The van der Waals surface area contributed by atoms with Gasteiger partial charge in [0.1, 0.15) is 12.4 Å². The summed E-state index contributed by atoms with van der Waals surface area (Å²) in [5, 5.41) is 2.90. The average molecular weight is 385 g/mol. The number of ether oxygens (including phenoxy) is 1. The lowest BCUT2D eigenvalue weighted by Crippen LogP contribution is -2.47. The molecular formula is C21H24FN3O3. The van der Waals surface area contributed by atoms with Crippen molar-refractivity contribution in [2.24, 2.45) is 5.92 Å². The number of aromatic nitrogens is 1. The molecule has 0 radical (unpaired) electrons. The Morgan fingerprint density at radius 3 is 2.68 bits per heavy atom. The smallest absolute Gasteiger partial charge is 0.249 e. The van der Waals surface area contributed by atoms with Crippen LogP contribution in [0.1, 0.15) is 30.1 Å². The second-order valence-electron chi connectivity index (χ2n) is 6.86. The fourth-order valence-electron chi connectivity index (χ4n) is 3.52. The molecule has 3 rings (SSSR count). The van der Waals surface area contributed by atoms with Crippen LogP contribution in [0.4, 0.5) is 4.39 Å². The molecule has 148 valence electrons. The van der Waals surface area contributed by atoms with Crippen molar-refractivity contribution < 1.29 is 18.7 Å². The zero-order chi connectivity index (χ0) is 19.9. The summed E-state index contributed by atoms with van der Waals surface area (Å²) in [6.07, 6.45) is 2.95. The molecule has 2 aromatic rings. The van der Waals surface area contributed by atoms with Gasteiger partial charge in [-0.25, -0.2) is 4.39 Å². The van der Waals surface area contributed by atoms with E-state index in [9.17, 15) is 14.0 Å². The van der Waals surface area contributed by atoms with Gasteiger partial charge < -0.3 is 15.0 Å². The molecule has 2 amide bonds. The molecule has 1 aromatic carbocycles. The fraction of sp³-hybridized carbons (Fsp3) is 0.381. The first-order valence-corrected chi connectivity index (χ1v) is 9.30. The summed E-state index contributed by atoms with van der Waals surface area (Å²) in [5.74, 6) is -0.903. The largest absolute Gasteiger partial charge is 0.375 e. The lowest BCUT2D eigenvalue weighted by atomic mass is 9.88. The quantitative estimate of drug-likeness (QED) is 0.829. The topological polar surface area (TPSA) is 71.5 Å². The molecule has 0 spiro atoms. The minimum absolute atomic E-state index is 0.0556. The molecule has 0 aliphatic carbocycles. The van der Waals surface area contributed by atoms with E-state index in [1.165, 1.54) is 19.2 Å². The maximum absolute atomic E-state index is 13.3. The van der Waals surface area contributed by atoms with E-state index < -0.39 is 0 Å². The normalized spacial score (nSPS) is 19.3. The summed E-state index contributed by atoms with van der Waals surface area (Å²) in [6.45, 7) is 0.599. The summed E-state index contributed by atoms with van der Waals surface area (Å²) in [4.78, 5) is 31.1. The predicted octanol–water partition coefficient (Wildman–Crippen LogP) is 2.46. The Bertz CT molecular complexity index is 798. The number of hydrogen-bond donors (Lipinski definition) is 1. The van der Waals surface area contributed by atoms with Crippen molar-refractivity contribution in [1.82, 2.24) is 15.2 Å². The van der Waals surface area contributed by atoms with E-state index in [0.717, 1.165) is 11.3 Å². The van der Waals surface area contributed by atoms with Gasteiger partial charge in [0.2, 0.25) is 11.8 Å². The van der Waals surface area contributed by atoms with Gasteiger partial charge in [-0.2, -0.15) is 0 Å². The Hall–Kier alpha value is -2.80. The fourth-order valence-corrected chi connectivity index (χ4v) is 3.52. The maximum Gasteiger partial charge on any atom is 0.249 e. The first kappa shape index (κ1) is 19.9. The number of nitrogens with zero attached hydrogens (tertiary/aromatic N) is 2. The van der Waals surface area contributed by atoms with Crippen LogP contribution in [0.5, 0.6) is 0 Å². The molecular weight excluding hydrogens is 361 g/mol. The number of benzene rings is 1. The van der Waals surface area contributed by atoms with Crippen molar-refractivity contribution in [3.63, 3.8) is 0 Å². The number of carbonyl (C=O) groups is 2. The number of carbonyl (C=O) groups excluding carboxylic acids is 2. The third-order valence-electron chi connectivity index (χ3n) is 4.97. The van der Waals surface area contributed by atoms with Gasteiger partial charge in [-0.3, -0.25) is 14.6 Å². The van der Waals surface area contributed by atoms with Gasteiger partial charge in [-0.15, -0.1) is 0 Å². The second-order valence-corrected chi connectivity index (χ2v) is 6.86. The van der Waals surface area contributed by atoms with Gasteiger partial charge in [-0.1, -0.05) is 18.2 Å². The Labute approximate surface area is 163 Å². The van der Waals surface area contributed by atoms with Crippen LogP contribution in [0.3, 0.4) is 0 Å². The first-order chi connectivity index (χ1) is 13.6. The summed E-state index contributed by atoms with van der Waals surface area (Å²) >= 11 is 0. The number of halogens is 1. The number of piperidine rings is 1. The number of nitrogens with one attached hydrogen (secondary N) is 1. The van der Waals surface area contributed by atoms with E-state index in [1.54, 1.807) is 23.2 Å². The molecule has 1 fully saturated rings. The highest BCUT2D eigenvalue weighted by atomic mass is 19.1. The number of pyridine rings is 1. The van der Waals surface area contributed by atoms with Crippen LogP contribution in [-0.2, 0) is 20.9 Å². The van der Waals surface area contributed by atoms with Crippen LogP contribution in [0, 0.1) is 11.7 Å². The maximum atomic E-state index is 13.3. The molecule has 1 saturated heterocycles. The van der Waals surface area contributed by atoms with Crippen molar-refractivity contribution in [3.8, 4) is 0 Å². The Morgan fingerprint density at radius 1 is 1.21 bits per heavy atom. The third kappa shape index (κ3) is 4.92. The van der Waals surface area contributed by atoms with Gasteiger partial charge in [0.15, 0.2) is 0 Å². The molecule has 7 heteroatoms. The predicted molar refractivity (Wildman–Crippen MR) is 102 cm³/mol. The average Bonchev–Trinajstić information content (AvgIpc) is 2.73. The highest BCUT2D eigenvalue weighted by Gasteiger charge is 2.35. The number of rotatable bonds is 6. The van der Waals surface area contributed by atoms with Crippen molar-refractivity contribution in [1.29, 1.82) is 0 Å². The molecule has 1 aliphatic heterocycles. The minimum Gasteiger partial charge on any atom is -0.375 e. The van der Waals surface area contributed by atoms with Crippen LogP contribution in [0.15, 0.2) is 48.7 Å². The Kier molecular flexibility index (Phi) is 6.71. The SMILES string of the molecule is COCC(=O)N1C[C@H](C(=O)NCc2ccccn2)CC[C@H]1c1ccc(F)cc1. The molecule has 1 aromatic heterocycles. The summed E-state index contributed by atoms with van der Waals surface area (Å²) in [6, 6.07) is 11.5. The van der Waals surface area contributed by atoms with E-state index >= 15 is 0 Å². The molecule has 6 nitrogen and oxygen atoms in total. The Morgan fingerprint density at radius 2 is 2.00 bits per heavy atom. The van der Waals surface area contributed by atoms with E-state index in [0.29, 0.717) is 25.9 Å². The number of amides is 2. The molecule has 2 heterocycles. The van der Waals surface area contributed by atoms with Gasteiger partial charge in [-0.05, 0) is 42.7 Å². The molecule has 0 unspecified atom stereocenters. The zero-order valence-corrected chi connectivity index (χ0v) is 15.8. The molecule has 28 heavy (non-hydrogen) atoms. The van der Waals surface area contributed by atoms with Crippen LogP contribution in [0.2, 0.25) is 0 Å². The van der Waals surface area contributed by atoms with Gasteiger partial charge >= 0.3 is 0 Å². The van der Waals surface area contributed by atoms with Crippen LogP contribution in [0.25, 0.3) is 0 Å². The van der Waals surface area contributed by atoms with E-state index in [4.69, 9.17) is 4.74 Å². The van der Waals surface area contributed by atoms with E-state index in [2.05, 4.69) is 10.3 Å². The summed E-state index contributed by atoms with van der Waals surface area (Å²) in [7, 11) is 1.46. The van der Waals surface area contributed by atoms with Crippen LogP contribution >= 0.6 is 0 Å². The van der Waals surface area contributed by atoms with Gasteiger partial charge in [0.25, 0.3) is 0 Å². The van der Waals surface area contributed by atoms with Crippen molar-refractivity contribution in [2.45, 2.75) is 25.4 Å². The van der Waals surface area contributed by atoms with Crippen LogP contribution < -0.4 is 5.32 Å². The van der Waals surface area contributed by atoms with E-state index in [1.807, 2.05) is 18.2 Å². The Balaban J connectivity index is 1.68. The molecule has 0 saturated carbocycles. The third-order valence-corrected chi connectivity index (χ3v) is 4.97. The lowest BCUT2D eigenvalue weighted by molar-refractivity contribution is -0.142. The molecule has 1 aliphatic rings. The lowest BCUT2D eigenvalue weighted by Gasteiger charge is -2.39. The standard InChI is InChI=1S/C21H24FN3O3/c1-28-14-20(26)25-13-16(21(27)24-12-18-4-2-3-11-23-18)7-10-19(25)15-5-8-17(22)9-6-15/h2-6,8-9,11,16,19H,7,10,12-14H2,1H3,(H,24,27)/t16-,19+/m1/s1. The summed E-state index contributed by atoms with van der Waals surface area (Å²) < 4.78 is 18.3. The van der Waals surface area contributed by atoms with Crippen molar-refractivity contribution >= 4 is 11.8 Å². The number of hydrogen-bond acceptors (Lipinski definition) is 4. The van der Waals surface area contributed by atoms with Crippen LogP contribution in [-0.4, -0.2) is 42.0 Å². The minimum atomic E-state index is -0.318. The highest BCUT2D eigenvalue weighted by Crippen LogP contribution is 2.33. The van der Waals surface area contributed by atoms with Gasteiger partial charge in [0.05, 0.1) is 24.2 Å². The number of likely N-dealkylation sites (tertiary alicyclic amines) is 1. The first-order valence-electron chi connectivity index (χ1n) is 9.30. The highest BCUT2D eigenvalue weighted by molar-refractivity contribution is 5.82. The van der Waals surface area contributed by atoms with Crippen molar-refractivity contribution in [2.75, 3.05) is 20.3 Å². The summed E-state index contributed by atoms with van der Waals surface area (Å²) in [5.41, 5.74) is 1.64. The number of methoxy groups -OCH3 is 1. The molecule has 2 atom stereocenters. The monoisotopic (exact) mass is 385 g/mol. The molecule has 1 N–H and O–H groups in total. The van der Waals surface area contributed by atoms with E-state index in [-0.39, 0.29) is 36.2 Å². The second kappa shape index (κ2) is 9.41. The zero-order valence-electron chi connectivity index (χ0n) is 15.8.